The van der Waals surface area contributed by atoms with Gasteiger partial charge in [0.1, 0.15) is 11.5 Å². The van der Waals surface area contributed by atoms with Crippen molar-refractivity contribution in [1.82, 2.24) is 0 Å². The summed E-state index contributed by atoms with van der Waals surface area (Å²) in [6.07, 6.45) is 0. The summed E-state index contributed by atoms with van der Waals surface area (Å²) in [6.45, 7) is 1.96. The molecule has 0 saturated heterocycles. The Bertz CT molecular complexity index is 597. The van der Waals surface area contributed by atoms with Gasteiger partial charge in [0.05, 0.1) is 0 Å². The van der Waals surface area contributed by atoms with Crippen molar-refractivity contribution in [3.63, 3.8) is 0 Å². The first-order valence-corrected chi connectivity index (χ1v) is 7.27. The van der Waals surface area contributed by atoms with E-state index in [2.05, 4.69) is 15.9 Å². The molecule has 0 heterocycles. The lowest BCUT2D eigenvalue weighted by Crippen LogP contribution is -2.08. The SMILES string of the molecule is C[C@H](N)c1ccc(Oc2cccc(N(C)C)c2)cc1Br. The van der Waals surface area contributed by atoms with Crippen molar-refractivity contribution >= 4 is 21.6 Å². The number of ether oxygens (including phenoxy) is 1. The first kappa shape index (κ1) is 14.9. The predicted octanol–water partition coefficient (Wildman–Crippen LogP) is 4.33. The summed E-state index contributed by atoms with van der Waals surface area (Å²) in [5.74, 6) is 1.61. The van der Waals surface area contributed by atoms with Crippen molar-refractivity contribution in [2.75, 3.05) is 19.0 Å². The number of nitrogens with two attached hydrogens (primary N) is 1. The number of benzene rings is 2. The van der Waals surface area contributed by atoms with E-state index in [4.69, 9.17) is 10.5 Å². The second-order valence-corrected chi connectivity index (χ2v) is 5.82. The topological polar surface area (TPSA) is 38.5 Å². The summed E-state index contributed by atoms with van der Waals surface area (Å²) >= 11 is 3.53. The van der Waals surface area contributed by atoms with E-state index in [1.54, 1.807) is 0 Å². The molecule has 20 heavy (non-hydrogen) atoms. The minimum atomic E-state index is -0.00417. The van der Waals surface area contributed by atoms with Gasteiger partial charge in [-0.15, -0.1) is 0 Å². The van der Waals surface area contributed by atoms with Crippen molar-refractivity contribution in [3.8, 4) is 11.5 Å². The van der Waals surface area contributed by atoms with Gasteiger partial charge in [-0.2, -0.15) is 0 Å². The molecule has 0 aromatic heterocycles. The van der Waals surface area contributed by atoms with E-state index in [0.717, 1.165) is 27.2 Å². The molecule has 0 amide bonds. The highest BCUT2D eigenvalue weighted by atomic mass is 79.9. The van der Waals surface area contributed by atoms with Crippen LogP contribution in [-0.4, -0.2) is 14.1 Å². The van der Waals surface area contributed by atoms with Crippen LogP contribution in [0.25, 0.3) is 0 Å². The summed E-state index contributed by atoms with van der Waals surface area (Å²) < 4.78 is 6.85. The number of hydrogen-bond donors (Lipinski definition) is 1. The minimum absolute atomic E-state index is 0.00417. The van der Waals surface area contributed by atoms with E-state index in [1.165, 1.54) is 0 Å². The number of hydrogen-bond acceptors (Lipinski definition) is 3. The van der Waals surface area contributed by atoms with Crippen LogP contribution in [-0.2, 0) is 0 Å². The molecule has 2 N–H and O–H groups in total. The van der Waals surface area contributed by atoms with Crippen molar-refractivity contribution in [2.24, 2.45) is 5.73 Å². The number of nitrogens with zero attached hydrogens (tertiary/aromatic N) is 1. The molecule has 2 rings (SSSR count). The Labute approximate surface area is 128 Å². The maximum atomic E-state index is 5.89. The molecule has 2 aromatic carbocycles. The Morgan fingerprint density at radius 2 is 1.80 bits per heavy atom. The molecule has 3 nitrogen and oxygen atoms in total. The second-order valence-electron chi connectivity index (χ2n) is 4.97. The highest BCUT2D eigenvalue weighted by Gasteiger charge is 2.07. The molecule has 1 atom stereocenters. The summed E-state index contributed by atoms with van der Waals surface area (Å²) in [7, 11) is 4.01. The Kier molecular flexibility index (Phi) is 4.68. The van der Waals surface area contributed by atoms with Crippen LogP contribution in [0.15, 0.2) is 46.9 Å². The molecule has 0 spiro atoms. The Morgan fingerprint density at radius 3 is 2.40 bits per heavy atom. The van der Waals surface area contributed by atoms with Gasteiger partial charge < -0.3 is 15.4 Å². The standard InChI is InChI=1S/C16H19BrN2O/c1-11(18)15-8-7-14(10-16(15)17)20-13-6-4-5-12(9-13)19(2)3/h4-11H,18H2,1-3H3/t11-/m0/s1. The normalized spacial score (nSPS) is 12.1. The van der Waals surface area contributed by atoms with Gasteiger partial charge >= 0.3 is 0 Å². The number of halogens is 1. The van der Waals surface area contributed by atoms with E-state index >= 15 is 0 Å². The van der Waals surface area contributed by atoms with Crippen LogP contribution in [0, 0.1) is 0 Å². The molecule has 0 aliphatic carbocycles. The lowest BCUT2D eigenvalue weighted by molar-refractivity contribution is 0.482. The zero-order valence-corrected chi connectivity index (χ0v) is 13.5. The molecule has 0 unspecified atom stereocenters. The van der Waals surface area contributed by atoms with Crippen LogP contribution in [0.4, 0.5) is 5.69 Å². The number of anilines is 1. The molecular weight excluding hydrogens is 316 g/mol. The average Bonchev–Trinajstić information content (AvgIpc) is 2.38. The lowest BCUT2D eigenvalue weighted by atomic mass is 10.1. The molecule has 106 valence electrons. The fourth-order valence-electron chi connectivity index (χ4n) is 1.90. The van der Waals surface area contributed by atoms with E-state index in [1.807, 2.05) is 68.4 Å². The summed E-state index contributed by atoms with van der Waals surface area (Å²) in [5, 5.41) is 0. The van der Waals surface area contributed by atoms with Crippen molar-refractivity contribution in [1.29, 1.82) is 0 Å². The van der Waals surface area contributed by atoms with Crippen LogP contribution < -0.4 is 15.4 Å². The van der Waals surface area contributed by atoms with Crippen LogP contribution in [0.2, 0.25) is 0 Å². The molecule has 0 aliphatic heterocycles. The van der Waals surface area contributed by atoms with Crippen molar-refractivity contribution in [2.45, 2.75) is 13.0 Å². The summed E-state index contributed by atoms with van der Waals surface area (Å²) in [4.78, 5) is 2.04. The van der Waals surface area contributed by atoms with Crippen molar-refractivity contribution < 1.29 is 4.74 Å². The molecule has 4 heteroatoms. The zero-order valence-electron chi connectivity index (χ0n) is 11.9. The van der Waals surface area contributed by atoms with Crippen LogP contribution in [0.1, 0.15) is 18.5 Å². The summed E-state index contributed by atoms with van der Waals surface area (Å²) in [5.41, 5.74) is 8.07. The molecule has 2 aromatic rings. The van der Waals surface area contributed by atoms with E-state index in [0.29, 0.717) is 0 Å². The highest BCUT2D eigenvalue weighted by Crippen LogP contribution is 2.30. The van der Waals surface area contributed by atoms with Gasteiger partial charge in [-0.1, -0.05) is 28.1 Å². The van der Waals surface area contributed by atoms with Gasteiger partial charge in [-0.3, -0.25) is 0 Å². The van der Waals surface area contributed by atoms with Gasteiger partial charge in [0.2, 0.25) is 0 Å². The first-order valence-electron chi connectivity index (χ1n) is 6.47. The highest BCUT2D eigenvalue weighted by molar-refractivity contribution is 9.10. The second kappa shape index (κ2) is 6.29. The third-order valence-electron chi connectivity index (χ3n) is 3.03. The fourth-order valence-corrected chi connectivity index (χ4v) is 2.62. The number of rotatable bonds is 4. The molecule has 0 bridgehead atoms. The summed E-state index contributed by atoms with van der Waals surface area (Å²) in [6, 6.07) is 13.8. The van der Waals surface area contributed by atoms with E-state index in [-0.39, 0.29) is 6.04 Å². The van der Waals surface area contributed by atoms with Crippen LogP contribution in [0.5, 0.6) is 11.5 Å². The van der Waals surface area contributed by atoms with Gasteiger partial charge in [0.15, 0.2) is 0 Å². The minimum Gasteiger partial charge on any atom is -0.457 e. The predicted molar refractivity (Wildman–Crippen MR) is 87.6 cm³/mol. The van der Waals surface area contributed by atoms with Crippen LogP contribution >= 0.6 is 15.9 Å². The third-order valence-corrected chi connectivity index (χ3v) is 3.72. The average molecular weight is 335 g/mol. The molecule has 0 radical (unpaired) electrons. The zero-order chi connectivity index (χ0) is 14.7. The van der Waals surface area contributed by atoms with Crippen molar-refractivity contribution in [3.05, 3.63) is 52.5 Å². The maximum Gasteiger partial charge on any atom is 0.129 e. The van der Waals surface area contributed by atoms with Gasteiger partial charge in [0, 0.05) is 36.4 Å². The van der Waals surface area contributed by atoms with E-state index < -0.39 is 0 Å². The quantitative estimate of drug-likeness (QED) is 0.904. The lowest BCUT2D eigenvalue weighted by Gasteiger charge is -2.15. The molecule has 0 aliphatic rings. The third kappa shape index (κ3) is 3.52. The largest absolute Gasteiger partial charge is 0.457 e. The Morgan fingerprint density at radius 1 is 1.10 bits per heavy atom. The first-order chi connectivity index (χ1) is 9.47. The van der Waals surface area contributed by atoms with Gasteiger partial charge in [-0.05, 0) is 36.8 Å². The van der Waals surface area contributed by atoms with Gasteiger partial charge in [-0.25, -0.2) is 0 Å². The smallest absolute Gasteiger partial charge is 0.129 e. The molecule has 0 saturated carbocycles. The Hall–Kier alpha value is -1.52. The molecular formula is C16H19BrN2O. The monoisotopic (exact) mass is 334 g/mol. The molecule has 0 fully saturated rings. The Balaban J connectivity index is 2.22. The van der Waals surface area contributed by atoms with Gasteiger partial charge in [0.25, 0.3) is 0 Å². The maximum absolute atomic E-state index is 5.89. The van der Waals surface area contributed by atoms with Crippen LogP contribution in [0.3, 0.4) is 0 Å². The van der Waals surface area contributed by atoms with E-state index in [9.17, 15) is 0 Å². The fraction of sp³-hybridized carbons (Fsp3) is 0.250.